The highest BCUT2D eigenvalue weighted by atomic mass is 16.3. The van der Waals surface area contributed by atoms with Crippen LogP contribution < -0.4 is 0 Å². The van der Waals surface area contributed by atoms with E-state index in [-0.39, 0.29) is 0 Å². The van der Waals surface area contributed by atoms with E-state index in [2.05, 4.69) is 9.97 Å². The Kier molecular flexibility index (Phi) is 1.76. The van der Waals surface area contributed by atoms with Crippen LogP contribution in [0.4, 0.5) is 0 Å². The van der Waals surface area contributed by atoms with Gasteiger partial charge in [-0.1, -0.05) is 6.92 Å². The Hall–Kier alpha value is -0.830. The minimum absolute atomic E-state index is 0.634. The van der Waals surface area contributed by atoms with Crippen molar-refractivity contribution in [3.05, 3.63) is 18.2 Å². The maximum absolute atomic E-state index is 9.59. The quantitative estimate of drug-likeness (QED) is 0.644. The molecule has 0 aliphatic carbocycles. The Morgan fingerprint density at radius 1 is 1.80 bits per heavy atom. The van der Waals surface area contributed by atoms with E-state index in [0.29, 0.717) is 12.2 Å². The SMILES string of the molecule is CC[C@@](C)(O)c1ncc[nH]1. The summed E-state index contributed by atoms with van der Waals surface area (Å²) in [5.41, 5.74) is -0.802. The minimum atomic E-state index is -0.802. The molecule has 3 heteroatoms. The Morgan fingerprint density at radius 3 is 2.90 bits per heavy atom. The summed E-state index contributed by atoms with van der Waals surface area (Å²) in [5, 5.41) is 9.59. The Morgan fingerprint density at radius 2 is 2.50 bits per heavy atom. The molecule has 0 aliphatic rings. The second-order valence-corrected chi connectivity index (χ2v) is 2.57. The smallest absolute Gasteiger partial charge is 0.137 e. The standard InChI is InChI=1S/C7H12N2O/c1-3-7(2,10)6-8-4-5-9-6/h4-5,10H,3H2,1-2H3,(H,8,9)/t7-/m1/s1. The van der Waals surface area contributed by atoms with Gasteiger partial charge in [0.1, 0.15) is 11.4 Å². The minimum Gasteiger partial charge on any atom is -0.382 e. The third-order valence-corrected chi connectivity index (χ3v) is 1.70. The van der Waals surface area contributed by atoms with Crippen molar-refractivity contribution in [2.24, 2.45) is 0 Å². The third-order valence-electron chi connectivity index (χ3n) is 1.70. The van der Waals surface area contributed by atoms with Gasteiger partial charge in [0.25, 0.3) is 0 Å². The van der Waals surface area contributed by atoms with Crippen molar-refractivity contribution in [1.29, 1.82) is 0 Å². The van der Waals surface area contributed by atoms with Crippen LogP contribution in [0, 0.1) is 0 Å². The molecule has 0 unspecified atom stereocenters. The van der Waals surface area contributed by atoms with E-state index in [1.165, 1.54) is 0 Å². The summed E-state index contributed by atoms with van der Waals surface area (Å²) in [7, 11) is 0. The van der Waals surface area contributed by atoms with E-state index in [4.69, 9.17) is 0 Å². The lowest BCUT2D eigenvalue weighted by Crippen LogP contribution is -2.21. The first-order valence-electron chi connectivity index (χ1n) is 3.39. The summed E-state index contributed by atoms with van der Waals surface area (Å²) < 4.78 is 0. The van der Waals surface area contributed by atoms with E-state index in [0.717, 1.165) is 0 Å². The number of nitrogens with zero attached hydrogens (tertiary/aromatic N) is 1. The van der Waals surface area contributed by atoms with Gasteiger partial charge in [-0.3, -0.25) is 0 Å². The molecule has 1 aromatic heterocycles. The summed E-state index contributed by atoms with van der Waals surface area (Å²) >= 11 is 0. The number of aromatic nitrogens is 2. The van der Waals surface area contributed by atoms with E-state index in [1.54, 1.807) is 19.3 Å². The van der Waals surface area contributed by atoms with Crippen molar-refractivity contribution in [2.75, 3.05) is 0 Å². The Labute approximate surface area is 60.1 Å². The molecule has 2 N–H and O–H groups in total. The van der Waals surface area contributed by atoms with Crippen LogP contribution in [0.3, 0.4) is 0 Å². The van der Waals surface area contributed by atoms with E-state index in [1.807, 2.05) is 6.92 Å². The molecule has 1 rings (SSSR count). The molecule has 1 aromatic rings. The normalized spacial score (nSPS) is 16.7. The van der Waals surface area contributed by atoms with Crippen LogP contribution in [0.2, 0.25) is 0 Å². The molecule has 1 atom stereocenters. The molecule has 0 saturated carbocycles. The maximum atomic E-state index is 9.59. The molecule has 0 amide bonds. The highest BCUT2D eigenvalue weighted by Crippen LogP contribution is 2.19. The predicted octanol–water partition coefficient (Wildman–Crippen LogP) is 1.03. The summed E-state index contributed by atoms with van der Waals surface area (Å²) in [4.78, 5) is 6.82. The fraction of sp³-hybridized carbons (Fsp3) is 0.571. The average molecular weight is 140 g/mol. The molecule has 10 heavy (non-hydrogen) atoms. The zero-order chi connectivity index (χ0) is 7.61. The molecule has 0 radical (unpaired) electrons. The summed E-state index contributed by atoms with van der Waals surface area (Å²) in [6, 6.07) is 0. The number of aliphatic hydroxyl groups is 1. The summed E-state index contributed by atoms with van der Waals surface area (Å²) in [6.07, 6.45) is 4.01. The molecular formula is C7H12N2O. The van der Waals surface area contributed by atoms with Crippen molar-refractivity contribution < 1.29 is 5.11 Å². The van der Waals surface area contributed by atoms with Crippen LogP contribution in [-0.2, 0) is 5.60 Å². The number of imidazole rings is 1. The fourth-order valence-corrected chi connectivity index (χ4v) is 0.727. The van der Waals surface area contributed by atoms with Crippen LogP contribution >= 0.6 is 0 Å². The van der Waals surface area contributed by atoms with Gasteiger partial charge in [0.2, 0.25) is 0 Å². The fourth-order valence-electron chi connectivity index (χ4n) is 0.727. The van der Waals surface area contributed by atoms with E-state index in [9.17, 15) is 5.11 Å². The summed E-state index contributed by atoms with van der Waals surface area (Å²) in [6.45, 7) is 3.66. The largest absolute Gasteiger partial charge is 0.382 e. The predicted molar refractivity (Wildman–Crippen MR) is 38.4 cm³/mol. The molecule has 0 aromatic carbocycles. The lowest BCUT2D eigenvalue weighted by molar-refractivity contribution is 0.0445. The van der Waals surface area contributed by atoms with Crippen molar-refractivity contribution in [3.63, 3.8) is 0 Å². The van der Waals surface area contributed by atoms with Gasteiger partial charge < -0.3 is 10.1 Å². The van der Waals surface area contributed by atoms with Gasteiger partial charge in [0, 0.05) is 12.4 Å². The lowest BCUT2D eigenvalue weighted by Gasteiger charge is -2.17. The number of nitrogens with one attached hydrogen (secondary N) is 1. The van der Waals surface area contributed by atoms with Crippen LogP contribution in [-0.4, -0.2) is 15.1 Å². The van der Waals surface area contributed by atoms with Gasteiger partial charge in [0.05, 0.1) is 0 Å². The van der Waals surface area contributed by atoms with Crippen LogP contribution in [0.25, 0.3) is 0 Å². The number of rotatable bonds is 2. The van der Waals surface area contributed by atoms with Crippen LogP contribution in [0.1, 0.15) is 26.1 Å². The molecule has 0 bridgehead atoms. The average Bonchev–Trinajstić information content (AvgIpc) is 2.38. The highest BCUT2D eigenvalue weighted by molar-refractivity contribution is 4.98. The van der Waals surface area contributed by atoms with Crippen molar-refractivity contribution in [1.82, 2.24) is 9.97 Å². The molecule has 0 saturated heterocycles. The maximum Gasteiger partial charge on any atom is 0.137 e. The van der Waals surface area contributed by atoms with Crippen molar-refractivity contribution in [2.45, 2.75) is 25.9 Å². The highest BCUT2D eigenvalue weighted by Gasteiger charge is 2.22. The Bertz CT molecular complexity index is 191. The lowest BCUT2D eigenvalue weighted by atomic mass is 10.0. The molecule has 1 heterocycles. The molecule has 0 spiro atoms. The van der Waals surface area contributed by atoms with Crippen LogP contribution in [0.15, 0.2) is 12.4 Å². The number of hydrogen-bond donors (Lipinski definition) is 2. The second-order valence-electron chi connectivity index (χ2n) is 2.57. The first-order chi connectivity index (χ1) is 4.67. The van der Waals surface area contributed by atoms with Crippen molar-refractivity contribution in [3.8, 4) is 0 Å². The number of hydrogen-bond acceptors (Lipinski definition) is 2. The molecule has 0 aliphatic heterocycles. The summed E-state index contributed by atoms with van der Waals surface area (Å²) in [5.74, 6) is 0.634. The van der Waals surface area contributed by atoms with Gasteiger partial charge in [-0.15, -0.1) is 0 Å². The molecule has 56 valence electrons. The van der Waals surface area contributed by atoms with Crippen molar-refractivity contribution >= 4 is 0 Å². The van der Waals surface area contributed by atoms with Gasteiger partial charge >= 0.3 is 0 Å². The first kappa shape index (κ1) is 7.28. The molecule has 3 nitrogen and oxygen atoms in total. The van der Waals surface area contributed by atoms with Gasteiger partial charge in [-0.05, 0) is 13.3 Å². The molecular weight excluding hydrogens is 128 g/mol. The zero-order valence-corrected chi connectivity index (χ0v) is 6.26. The second kappa shape index (κ2) is 2.42. The topological polar surface area (TPSA) is 48.9 Å². The zero-order valence-electron chi connectivity index (χ0n) is 6.26. The van der Waals surface area contributed by atoms with Gasteiger partial charge in [0.15, 0.2) is 0 Å². The monoisotopic (exact) mass is 140 g/mol. The Balaban J connectivity index is 2.85. The van der Waals surface area contributed by atoms with Gasteiger partial charge in [-0.2, -0.15) is 0 Å². The number of H-pyrrole nitrogens is 1. The van der Waals surface area contributed by atoms with E-state index >= 15 is 0 Å². The number of aromatic amines is 1. The third kappa shape index (κ3) is 1.19. The molecule has 0 fully saturated rings. The van der Waals surface area contributed by atoms with Gasteiger partial charge in [-0.25, -0.2) is 4.98 Å². The first-order valence-corrected chi connectivity index (χ1v) is 3.39. The van der Waals surface area contributed by atoms with E-state index < -0.39 is 5.60 Å². The van der Waals surface area contributed by atoms with Crippen LogP contribution in [0.5, 0.6) is 0 Å².